The molecular weight excluding hydrogens is 238 g/mol. The van der Waals surface area contributed by atoms with E-state index in [4.69, 9.17) is 10.5 Å². The molecule has 2 N–H and O–H groups in total. The van der Waals surface area contributed by atoms with Crippen LogP contribution >= 0.6 is 0 Å². The molecule has 0 saturated heterocycles. The van der Waals surface area contributed by atoms with E-state index in [-0.39, 0.29) is 17.3 Å². The Morgan fingerprint density at radius 2 is 2.06 bits per heavy atom. The highest BCUT2D eigenvalue weighted by Gasteiger charge is 2.18. The summed E-state index contributed by atoms with van der Waals surface area (Å²) in [5.74, 6) is -0.00706. The highest BCUT2D eigenvalue weighted by atomic mass is 16.5. The van der Waals surface area contributed by atoms with Gasteiger partial charge in [0.05, 0.1) is 26.1 Å². The molecule has 0 unspecified atom stereocenters. The second kappa shape index (κ2) is 4.70. The van der Waals surface area contributed by atoms with E-state index in [1.807, 2.05) is 0 Å². The minimum atomic E-state index is -0.617. The Labute approximate surface area is 102 Å². The Balaban J connectivity index is 2.49. The fourth-order valence-electron chi connectivity index (χ4n) is 1.37. The van der Waals surface area contributed by atoms with Crippen molar-refractivity contribution < 1.29 is 14.3 Å². The van der Waals surface area contributed by atoms with Gasteiger partial charge in [-0.15, -0.1) is 0 Å². The minimum absolute atomic E-state index is 0.0187. The molecule has 2 heterocycles. The molecule has 0 fully saturated rings. The molecule has 0 aliphatic carbocycles. The predicted octanol–water partition coefficient (Wildman–Crippen LogP) is 0.0397. The van der Waals surface area contributed by atoms with Gasteiger partial charge in [0, 0.05) is 12.4 Å². The van der Waals surface area contributed by atoms with E-state index in [9.17, 15) is 4.79 Å². The molecule has 0 spiro atoms. The smallest absolute Gasteiger partial charge is 0.360 e. The van der Waals surface area contributed by atoms with Gasteiger partial charge in [0.2, 0.25) is 5.82 Å². The highest BCUT2D eigenvalue weighted by Crippen LogP contribution is 2.19. The molecular formula is C10H11N5O3. The molecule has 2 aromatic heterocycles. The number of nitrogens with zero attached hydrogens (tertiary/aromatic N) is 4. The number of anilines is 1. The SMILES string of the molecule is COC(=O)c1nn(-c2nccnc2OC)cc1N. The quantitative estimate of drug-likeness (QED) is 0.765. The van der Waals surface area contributed by atoms with Crippen LogP contribution in [0.3, 0.4) is 0 Å². The molecule has 8 nitrogen and oxygen atoms in total. The zero-order valence-corrected chi connectivity index (χ0v) is 9.82. The van der Waals surface area contributed by atoms with Crippen molar-refractivity contribution in [2.24, 2.45) is 0 Å². The number of ether oxygens (including phenoxy) is 2. The van der Waals surface area contributed by atoms with Crippen molar-refractivity contribution in [3.05, 3.63) is 24.3 Å². The monoisotopic (exact) mass is 249 g/mol. The standard InChI is InChI=1S/C10H11N5O3/c1-17-9-8(12-3-4-13-9)15-5-6(11)7(14-15)10(16)18-2/h3-5H,11H2,1-2H3. The van der Waals surface area contributed by atoms with Crippen molar-refractivity contribution in [1.29, 1.82) is 0 Å². The van der Waals surface area contributed by atoms with Crippen LogP contribution in [0.4, 0.5) is 5.69 Å². The third-order valence-corrected chi connectivity index (χ3v) is 2.18. The number of nitrogen functional groups attached to an aromatic ring is 1. The summed E-state index contributed by atoms with van der Waals surface area (Å²) in [7, 11) is 2.71. The van der Waals surface area contributed by atoms with Crippen LogP contribution in [0.1, 0.15) is 10.5 Å². The maximum Gasteiger partial charge on any atom is 0.360 e. The Morgan fingerprint density at radius 1 is 1.33 bits per heavy atom. The molecule has 0 aliphatic rings. The Hall–Kier alpha value is -2.64. The summed E-state index contributed by atoms with van der Waals surface area (Å²) in [6.07, 6.45) is 4.41. The zero-order chi connectivity index (χ0) is 13.1. The summed E-state index contributed by atoms with van der Waals surface area (Å²) in [4.78, 5) is 19.4. The maximum absolute atomic E-state index is 11.4. The first kappa shape index (κ1) is 11.8. The summed E-state index contributed by atoms with van der Waals surface area (Å²) in [5.41, 5.74) is 5.88. The van der Waals surface area contributed by atoms with Crippen molar-refractivity contribution in [2.75, 3.05) is 20.0 Å². The van der Waals surface area contributed by atoms with Crippen LogP contribution < -0.4 is 10.5 Å². The molecule has 2 rings (SSSR count). The van der Waals surface area contributed by atoms with Gasteiger partial charge in [-0.3, -0.25) is 0 Å². The van der Waals surface area contributed by atoms with Crippen LogP contribution in [-0.2, 0) is 4.74 Å². The highest BCUT2D eigenvalue weighted by molar-refractivity contribution is 5.92. The Kier molecular flexibility index (Phi) is 3.09. The molecule has 18 heavy (non-hydrogen) atoms. The second-order valence-electron chi connectivity index (χ2n) is 3.26. The van der Waals surface area contributed by atoms with Crippen molar-refractivity contribution >= 4 is 11.7 Å². The predicted molar refractivity (Wildman–Crippen MR) is 61.5 cm³/mol. The van der Waals surface area contributed by atoms with E-state index in [2.05, 4.69) is 19.8 Å². The second-order valence-corrected chi connectivity index (χ2v) is 3.26. The van der Waals surface area contributed by atoms with Crippen LogP contribution in [0.15, 0.2) is 18.6 Å². The van der Waals surface area contributed by atoms with Crippen molar-refractivity contribution in [3.63, 3.8) is 0 Å². The van der Waals surface area contributed by atoms with Gasteiger partial charge in [-0.1, -0.05) is 0 Å². The molecule has 0 aromatic carbocycles. The van der Waals surface area contributed by atoms with E-state index >= 15 is 0 Å². The molecule has 8 heteroatoms. The number of esters is 1. The largest absolute Gasteiger partial charge is 0.478 e. The van der Waals surface area contributed by atoms with Gasteiger partial charge in [0.25, 0.3) is 5.88 Å². The summed E-state index contributed by atoms with van der Waals surface area (Å²) in [6.45, 7) is 0. The van der Waals surface area contributed by atoms with Crippen LogP contribution in [0, 0.1) is 0 Å². The number of rotatable bonds is 3. The van der Waals surface area contributed by atoms with Crippen LogP contribution in [-0.4, -0.2) is 39.9 Å². The maximum atomic E-state index is 11.4. The fourth-order valence-corrected chi connectivity index (χ4v) is 1.37. The lowest BCUT2D eigenvalue weighted by Crippen LogP contribution is -2.07. The summed E-state index contributed by atoms with van der Waals surface area (Å²) >= 11 is 0. The van der Waals surface area contributed by atoms with E-state index in [1.165, 1.54) is 37.5 Å². The third-order valence-electron chi connectivity index (χ3n) is 2.18. The first-order valence-corrected chi connectivity index (χ1v) is 4.96. The van der Waals surface area contributed by atoms with E-state index < -0.39 is 5.97 Å². The van der Waals surface area contributed by atoms with Crippen molar-refractivity contribution in [3.8, 4) is 11.7 Å². The van der Waals surface area contributed by atoms with E-state index in [0.717, 1.165) is 0 Å². The van der Waals surface area contributed by atoms with Gasteiger partial charge in [-0.05, 0) is 0 Å². The van der Waals surface area contributed by atoms with Crippen LogP contribution in [0.2, 0.25) is 0 Å². The Morgan fingerprint density at radius 3 is 2.72 bits per heavy atom. The zero-order valence-electron chi connectivity index (χ0n) is 9.82. The molecule has 94 valence electrons. The molecule has 0 amide bonds. The summed E-state index contributed by atoms with van der Waals surface area (Å²) in [5, 5.41) is 3.99. The molecule has 0 radical (unpaired) electrons. The molecule has 0 atom stereocenters. The van der Waals surface area contributed by atoms with Gasteiger partial charge in [0.15, 0.2) is 5.69 Å². The topological polar surface area (TPSA) is 105 Å². The molecule has 0 saturated carbocycles. The first-order chi connectivity index (χ1) is 8.67. The van der Waals surface area contributed by atoms with Gasteiger partial charge in [-0.2, -0.15) is 5.10 Å². The number of hydrogen-bond acceptors (Lipinski definition) is 7. The third kappa shape index (κ3) is 1.95. The lowest BCUT2D eigenvalue weighted by molar-refractivity contribution is 0.0594. The summed E-state index contributed by atoms with van der Waals surface area (Å²) < 4.78 is 10.9. The average Bonchev–Trinajstić information content (AvgIpc) is 2.79. The number of nitrogens with two attached hydrogens (primary N) is 1. The van der Waals surface area contributed by atoms with E-state index in [0.29, 0.717) is 5.82 Å². The average molecular weight is 249 g/mol. The van der Waals surface area contributed by atoms with Crippen molar-refractivity contribution in [2.45, 2.75) is 0 Å². The van der Waals surface area contributed by atoms with Gasteiger partial charge in [0.1, 0.15) is 0 Å². The lowest BCUT2D eigenvalue weighted by atomic mass is 10.4. The normalized spacial score (nSPS) is 10.1. The van der Waals surface area contributed by atoms with Gasteiger partial charge < -0.3 is 15.2 Å². The number of hydrogen-bond donors (Lipinski definition) is 1. The molecule has 0 bridgehead atoms. The van der Waals surface area contributed by atoms with Crippen LogP contribution in [0.5, 0.6) is 5.88 Å². The first-order valence-electron chi connectivity index (χ1n) is 4.96. The fraction of sp³-hybridized carbons (Fsp3) is 0.200. The molecule has 0 aliphatic heterocycles. The minimum Gasteiger partial charge on any atom is -0.478 e. The number of aromatic nitrogens is 4. The number of carbonyl (C=O) groups excluding carboxylic acids is 1. The van der Waals surface area contributed by atoms with E-state index in [1.54, 1.807) is 0 Å². The number of methoxy groups -OCH3 is 2. The summed E-state index contributed by atoms with van der Waals surface area (Å²) in [6, 6.07) is 0. The Bertz CT molecular complexity index is 581. The van der Waals surface area contributed by atoms with Gasteiger partial charge in [-0.25, -0.2) is 19.4 Å². The number of carbonyl (C=O) groups is 1. The molecule has 2 aromatic rings. The van der Waals surface area contributed by atoms with Crippen molar-refractivity contribution in [1.82, 2.24) is 19.7 Å². The van der Waals surface area contributed by atoms with Crippen LogP contribution in [0.25, 0.3) is 5.82 Å². The lowest BCUT2D eigenvalue weighted by Gasteiger charge is -2.04. The van der Waals surface area contributed by atoms with Gasteiger partial charge >= 0.3 is 5.97 Å².